The van der Waals surface area contributed by atoms with Crippen molar-refractivity contribution in [3.8, 4) is 5.75 Å². The van der Waals surface area contributed by atoms with E-state index in [0.29, 0.717) is 11.8 Å². The topological polar surface area (TPSA) is 24.8 Å². The summed E-state index contributed by atoms with van der Waals surface area (Å²) in [5.74, 6) is 0.812. The van der Waals surface area contributed by atoms with Crippen LogP contribution in [0.15, 0.2) is 40.5 Å². The quantitative estimate of drug-likeness (QED) is 0.719. The van der Waals surface area contributed by atoms with Gasteiger partial charge in [0, 0.05) is 18.0 Å². The summed E-state index contributed by atoms with van der Waals surface area (Å²) in [6.45, 7) is 0.544. The molecule has 0 aromatic heterocycles. The molecule has 78 valence electrons. The summed E-state index contributed by atoms with van der Waals surface area (Å²) in [6.07, 6.45) is 3.48. The number of allylic oxidation sites excluding steroid dienone is 1. The molecule has 0 fully saturated rings. The fourth-order valence-corrected chi connectivity index (χ4v) is 1.59. The molecule has 0 saturated carbocycles. The first-order valence-corrected chi connectivity index (χ1v) is 4.96. The summed E-state index contributed by atoms with van der Waals surface area (Å²) < 4.78 is 5.15. The smallest absolute Gasteiger partial charge is 0.120 e. The lowest BCUT2D eigenvalue weighted by Crippen LogP contribution is -2.22. The maximum absolute atomic E-state index is 6.07. The molecule has 2 rings (SSSR count). The number of benzene rings is 1. The van der Waals surface area contributed by atoms with Crippen LogP contribution in [0.25, 0.3) is 0 Å². The minimum absolute atomic E-state index is 0.544. The predicted molar refractivity (Wildman–Crippen MR) is 62.8 cm³/mol. The highest BCUT2D eigenvalue weighted by Crippen LogP contribution is 2.26. The van der Waals surface area contributed by atoms with E-state index in [9.17, 15) is 0 Å². The maximum Gasteiger partial charge on any atom is 0.120 e. The zero-order chi connectivity index (χ0) is 10.7. The highest BCUT2D eigenvalue weighted by molar-refractivity contribution is 6.32. The van der Waals surface area contributed by atoms with Crippen LogP contribution < -0.4 is 9.64 Å². The van der Waals surface area contributed by atoms with Gasteiger partial charge in [-0.3, -0.25) is 4.99 Å². The summed E-state index contributed by atoms with van der Waals surface area (Å²) in [7, 11) is 1.64. The van der Waals surface area contributed by atoms with Crippen LogP contribution in [0.3, 0.4) is 0 Å². The molecule has 0 spiro atoms. The number of nitrogens with zero attached hydrogens (tertiary/aromatic N) is 2. The number of halogens is 1. The summed E-state index contributed by atoms with van der Waals surface area (Å²) in [5, 5.41) is 0.665. The maximum atomic E-state index is 6.07. The van der Waals surface area contributed by atoms with E-state index in [-0.39, 0.29) is 0 Å². The molecule has 0 saturated heterocycles. The summed E-state index contributed by atoms with van der Waals surface area (Å²) >= 11 is 6.07. The van der Waals surface area contributed by atoms with Gasteiger partial charge < -0.3 is 9.64 Å². The molecule has 1 heterocycles. The van der Waals surface area contributed by atoms with E-state index < -0.39 is 0 Å². The van der Waals surface area contributed by atoms with Gasteiger partial charge in [0.2, 0.25) is 0 Å². The zero-order valence-corrected chi connectivity index (χ0v) is 9.11. The number of hydrogen-bond acceptors (Lipinski definition) is 3. The summed E-state index contributed by atoms with van der Waals surface area (Å²) in [5.41, 5.74) is 0.979. The molecular weight excluding hydrogens is 212 g/mol. The summed E-state index contributed by atoms with van der Waals surface area (Å²) in [4.78, 5) is 6.05. The molecule has 1 aromatic carbocycles. The lowest BCUT2D eigenvalue weighted by molar-refractivity contribution is 0.415. The summed E-state index contributed by atoms with van der Waals surface area (Å²) in [6, 6.07) is 7.72. The Labute approximate surface area is 93.6 Å². The molecule has 0 bridgehead atoms. The van der Waals surface area contributed by atoms with Crippen molar-refractivity contribution in [2.24, 2.45) is 4.99 Å². The van der Waals surface area contributed by atoms with Crippen LogP contribution in [-0.4, -0.2) is 20.0 Å². The second kappa shape index (κ2) is 4.36. The Bertz CT molecular complexity index is 415. The van der Waals surface area contributed by atoms with Gasteiger partial charge in [-0.2, -0.15) is 0 Å². The lowest BCUT2D eigenvalue weighted by Gasteiger charge is -2.23. The highest BCUT2D eigenvalue weighted by Gasteiger charge is 2.11. The third-order valence-corrected chi connectivity index (χ3v) is 2.49. The Morgan fingerprint density at radius 2 is 2.33 bits per heavy atom. The fourth-order valence-electron chi connectivity index (χ4n) is 1.38. The number of ether oxygens (including phenoxy) is 1. The molecular formula is C11H11ClN2O. The van der Waals surface area contributed by atoms with Crippen molar-refractivity contribution in [3.05, 3.63) is 35.5 Å². The number of anilines is 1. The van der Waals surface area contributed by atoms with E-state index in [1.165, 1.54) is 0 Å². The second-order valence-electron chi connectivity index (χ2n) is 3.09. The van der Waals surface area contributed by atoms with Crippen molar-refractivity contribution in [1.29, 1.82) is 0 Å². The van der Waals surface area contributed by atoms with Crippen LogP contribution >= 0.6 is 11.6 Å². The molecule has 1 aromatic rings. The van der Waals surface area contributed by atoms with Crippen molar-refractivity contribution in [2.75, 3.05) is 18.7 Å². The van der Waals surface area contributed by atoms with E-state index in [0.717, 1.165) is 11.4 Å². The van der Waals surface area contributed by atoms with E-state index in [4.69, 9.17) is 16.3 Å². The predicted octanol–water partition coefficient (Wildman–Crippen LogP) is 2.62. The fraction of sp³-hybridized carbons (Fsp3) is 0.182. The van der Waals surface area contributed by atoms with Gasteiger partial charge in [-0.1, -0.05) is 17.7 Å². The van der Waals surface area contributed by atoms with Gasteiger partial charge in [-0.15, -0.1) is 0 Å². The Morgan fingerprint density at radius 1 is 1.47 bits per heavy atom. The molecule has 1 aliphatic rings. The zero-order valence-electron chi connectivity index (χ0n) is 8.35. The average molecular weight is 223 g/mol. The van der Waals surface area contributed by atoms with Crippen molar-refractivity contribution in [3.63, 3.8) is 0 Å². The number of methoxy groups -OCH3 is 1. The number of aliphatic imine (C=N–C) groups is 1. The van der Waals surface area contributed by atoms with E-state index >= 15 is 0 Å². The minimum Gasteiger partial charge on any atom is -0.497 e. The van der Waals surface area contributed by atoms with Crippen LogP contribution in [0.2, 0.25) is 0 Å². The van der Waals surface area contributed by atoms with Crippen LogP contribution in [-0.2, 0) is 0 Å². The molecule has 0 atom stereocenters. The number of rotatable bonds is 2. The first-order chi connectivity index (χ1) is 7.31. The average Bonchev–Trinajstić information content (AvgIpc) is 2.30. The Kier molecular flexibility index (Phi) is 2.92. The van der Waals surface area contributed by atoms with Gasteiger partial charge in [0.25, 0.3) is 0 Å². The van der Waals surface area contributed by atoms with Gasteiger partial charge in [0.1, 0.15) is 17.6 Å². The Morgan fingerprint density at radius 3 is 3.07 bits per heavy atom. The molecule has 0 amide bonds. The van der Waals surface area contributed by atoms with Crippen LogP contribution in [0.4, 0.5) is 5.69 Å². The molecule has 4 heteroatoms. The Hall–Kier alpha value is -1.48. The van der Waals surface area contributed by atoms with Gasteiger partial charge in [0.15, 0.2) is 0 Å². The van der Waals surface area contributed by atoms with Crippen LogP contribution in [0.1, 0.15) is 0 Å². The van der Waals surface area contributed by atoms with E-state index in [2.05, 4.69) is 4.99 Å². The largest absolute Gasteiger partial charge is 0.497 e. The monoisotopic (exact) mass is 222 g/mol. The molecule has 0 aliphatic carbocycles. The molecule has 3 nitrogen and oxygen atoms in total. The normalized spacial score (nSPS) is 15.1. The van der Waals surface area contributed by atoms with E-state index in [1.807, 2.05) is 29.2 Å². The third kappa shape index (κ3) is 2.13. The van der Waals surface area contributed by atoms with Crippen LogP contribution in [0, 0.1) is 0 Å². The van der Waals surface area contributed by atoms with Gasteiger partial charge in [-0.25, -0.2) is 0 Å². The molecule has 0 unspecified atom stereocenters. The number of hydrogen-bond donors (Lipinski definition) is 0. The first-order valence-electron chi connectivity index (χ1n) is 4.58. The van der Waals surface area contributed by atoms with Gasteiger partial charge in [-0.05, 0) is 18.2 Å². The standard InChI is InChI=1S/C11H11ClN2O/c1-15-10-4-2-3-9(7-10)14-8-13-6-5-11(14)12/h2-7H,8H2,1H3. The third-order valence-electron chi connectivity index (χ3n) is 2.16. The van der Waals surface area contributed by atoms with Gasteiger partial charge >= 0.3 is 0 Å². The van der Waals surface area contributed by atoms with E-state index in [1.54, 1.807) is 19.4 Å². The van der Waals surface area contributed by atoms with Crippen molar-refractivity contribution < 1.29 is 4.74 Å². The van der Waals surface area contributed by atoms with Crippen LogP contribution in [0.5, 0.6) is 5.75 Å². The lowest BCUT2D eigenvalue weighted by atomic mass is 10.3. The van der Waals surface area contributed by atoms with Crippen molar-refractivity contribution >= 4 is 23.5 Å². The molecule has 0 radical (unpaired) electrons. The van der Waals surface area contributed by atoms with Gasteiger partial charge in [0.05, 0.1) is 7.11 Å². The highest BCUT2D eigenvalue weighted by atomic mass is 35.5. The Balaban J connectivity index is 2.29. The van der Waals surface area contributed by atoms with Crippen molar-refractivity contribution in [2.45, 2.75) is 0 Å². The molecule has 15 heavy (non-hydrogen) atoms. The molecule has 1 aliphatic heterocycles. The minimum atomic E-state index is 0.544. The van der Waals surface area contributed by atoms with Crippen molar-refractivity contribution in [1.82, 2.24) is 0 Å². The molecule has 0 N–H and O–H groups in total. The first kappa shape index (κ1) is 10.1. The second-order valence-corrected chi connectivity index (χ2v) is 3.48. The SMILES string of the molecule is COc1cccc(N2CN=CC=C2Cl)c1.